The summed E-state index contributed by atoms with van der Waals surface area (Å²) in [5, 5.41) is 5.80. The van der Waals surface area contributed by atoms with Gasteiger partial charge in [0.1, 0.15) is 0 Å². The molecule has 0 atom stereocenters. The number of carbonyl (C=O) groups excluding carboxylic acids is 2. The van der Waals surface area contributed by atoms with E-state index in [1.54, 1.807) is 0 Å². The van der Waals surface area contributed by atoms with Gasteiger partial charge < -0.3 is 20.1 Å². The number of ether oxygens (including phenoxy) is 2. The van der Waals surface area contributed by atoms with Gasteiger partial charge in [-0.05, 0) is 30.5 Å². The van der Waals surface area contributed by atoms with E-state index in [4.69, 9.17) is 9.47 Å². The molecule has 2 amide bonds. The van der Waals surface area contributed by atoms with Crippen molar-refractivity contribution in [2.45, 2.75) is 45.4 Å². The summed E-state index contributed by atoms with van der Waals surface area (Å²) < 4.78 is 10.8. The zero-order valence-electron chi connectivity index (χ0n) is 15.1. The maximum absolute atomic E-state index is 12.1. The summed E-state index contributed by atoms with van der Waals surface area (Å²) in [5.41, 5.74) is 0.747. The van der Waals surface area contributed by atoms with Gasteiger partial charge in [0, 0.05) is 30.3 Å². The fourth-order valence-corrected chi connectivity index (χ4v) is 2.86. The fraction of sp³-hybridized carbons (Fsp3) is 0.579. The number of hydrogen-bond donors (Lipinski definition) is 2. The summed E-state index contributed by atoms with van der Waals surface area (Å²) in [6, 6.07) is 6.00. The number of rotatable bonds is 6. The van der Waals surface area contributed by atoms with Crippen molar-refractivity contribution in [1.82, 2.24) is 10.6 Å². The van der Waals surface area contributed by atoms with E-state index < -0.39 is 5.41 Å². The average molecular weight is 346 g/mol. The topological polar surface area (TPSA) is 76.7 Å². The molecule has 25 heavy (non-hydrogen) atoms. The molecule has 0 radical (unpaired) electrons. The van der Waals surface area contributed by atoms with Crippen LogP contribution in [0.1, 0.15) is 45.6 Å². The first kappa shape index (κ1) is 17.6. The van der Waals surface area contributed by atoms with Gasteiger partial charge in [-0.15, -0.1) is 0 Å². The minimum absolute atomic E-state index is 0.00526. The molecule has 1 aliphatic carbocycles. The van der Waals surface area contributed by atoms with Crippen LogP contribution in [0.4, 0.5) is 0 Å². The molecule has 0 spiro atoms. The van der Waals surface area contributed by atoms with Crippen LogP contribution in [-0.4, -0.2) is 31.7 Å². The second-order valence-corrected chi connectivity index (χ2v) is 7.88. The summed E-state index contributed by atoms with van der Waals surface area (Å²) in [5.74, 6) is 1.47. The third-order valence-electron chi connectivity index (χ3n) is 4.78. The van der Waals surface area contributed by atoms with Gasteiger partial charge in [-0.3, -0.25) is 9.59 Å². The van der Waals surface area contributed by atoms with Gasteiger partial charge in [-0.2, -0.15) is 0 Å². The lowest BCUT2D eigenvalue weighted by Crippen LogP contribution is -2.38. The molecule has 1 aromatic rings. The average Bonchev–Trinajstić information content (AvgIpc) is 3.20. The Hall–Kier alpha value is -2.24. The SMILES string of the molecule is CC(C)(C)C(=O)NCCC(=O)NCC1(c2ccc3c(c2)OCO3)CC1. The summed E-state index contributed by atoms with van der Waals surface area (Å²) in [4.78, 5) is 23.8. The lowest BCUT2D eigenvalue weighted by molar-refractivity contribution is -0.128. The van der Waals surface area contributed by atoms with Gasteiger partial charge >= 0.3 is 0 Å². The van der Waals surface area contributed by atoms with Crippen molar-refractivity contribution in [3.63, 3.8) is 0 Å². The van der Waals surface area contributed by atoms with Crippen molar-refractivity contribution in [2.75, 3.05) is 19.9 Å². The molecular formula is C19H26N2O4. The number of hydrogen-bond acceptors (Lipinski definition) is 4. The summed E-state index contributed by atoms with van der Waals surface area (Å²) in [6.45, 7) is 6.79. The first-order valence-corrected chi connectivity index (χ1v) is 8.75. The molecule has 6 nitrogen and oxygen atoms in total. The maximum Gasteiger partial charge on any atom is 0.231 e. The number of fused-ring (bicyclic) bond motifs is 1. The molecule has 0 unspecified atom stereocenters. The Balaban J connectivity index is 1.47. The third-order valence-corrected chi connectivity index (χ3v) is 4.78. The van der Waals surface area contributed by atoms with E-state index in [1.807, 2.05) is 32.9 Å². The predicted molar refractivity (Wildman–Crippen MR) is 93.6 cm³/mol. The molecule has 1 fully saturated rings. The van der Waals surface area contributed by atoms with Crippen LogP contribution in [0.25, 0.3) is 0 Å². The van der Waals surface area contributed by atoms with Crippen LogP contribution < -0.4 is 20.1 Å². The number of benzene rings is 1. The molecule has 1 aliphatic heterocycles. The Morgan fingerprint density at radius 3 is 2.52 bits per heavy atom. The number of carbonyl (C=O) groups is 2. The van der Waals surface area contributed by atoms with E-state index in [0.717, 1.165) is 24.3 Å². The number of nitrogens with one attached hydrogen (secondary N) is 2. The smallest absolute Gasteiger partial charge is 0.231 e. The van der Waals surface area contributed by atoms with Crippen molar-refractivity contribution in [3.8, 4) is 11.5 Å². The van der Waals surface area contributed by atoms with E-state index in [9.17, 15) is 9.59 Å². The van der Waals surface area contributed by atoms with Crippen LogP contribution in [-0.2, 0) is 15.0 Å². The lowest BCUT2D eigenvalue weighted by Gasteiger charge is -2.19. The van der Waals surface area contributed by atoms with Crippen LogP contribution in [0, 0.1) is 5.41 Å². The number of amides is 2. The standard InChI is InChI=1S/C19H26N2O4/c1-18(2,3)17(23)20-9-6-16(22)21-11-19(7-8-19)13-4-5-14-15(10-13)25-12-24-14/h4-5,10H,6-9,11-12H2,1-3H3,(H,20,23)(H,21,22). The minimum Gasteiger partial charge on any atom is -0.454 e. The molecular weight excluding hydrogens is 320 g/mol. The van der Waals surface area contributed by atoms with Gasteiger partial charge in [0.15, 0.2) is 11.5 Å². The Kier molecular flexibility index (Phi) is 4.62. The van der Waals surface area contributed by atoms with E-state index in [0.29, 0.717) is 19.5 Å². The maximum atomic E-state index is 12.1. The van der Waals surface area contributed by atoms with Crippen molar-refractivity contribution < 1.29 is 19.1 Å². The first-order valence-electron chi connectivity index (χ1n) is 8.75. The Morgan fingerprint density at radius 1 is 1.12 bits per heavy atom. The molecule has 3 rings (SSSR count). The molecule has 136 valence electrons. The van der Waals surface area contributed by atoms with Crippen LogP contribution in [0.5, 0.6) is 11.5 Å². The molecule has 1 aromatic carbocycles. The predicted octanol–water partition coefficient (Wildman–Crippen LogP) is 2.12. The highest BCUT2D eigenvalue weighted by Crippen LogP contribution is 2.49. The Morgan fingerprint density at radius 2 is 1.84 bits per heavy atom. The Labute approximate surface area is 148 Å². The van der Waals surface area contributed by atoms with Crippen molar-refractivity contribution in [3.05, 3.63) is 23.8 Å². The van der Waals surface area contributed by atoms with Crippen LogP contribution in [0.2, 0.25) is 0 Å². The molecule has 0 aromatic heterocycles. The zero-order valence-corrected chi connectivity index (χ0v) is 15.1. The van der Waals surface area contributed by atoms with Gasteiger partial charge in [-0.25, -0.2) is 0 Å². The molecule has 0 bridgehead atoms. The minimum atomic E-state index is -0.437. The largest absolute Gasteiger partial charge is 0.454 e. The molecule has 2 N–H and O–H groups in total. The molecule has 6 heteroatoms. The van der Waals surface area contributed by atoms with E-state index in [2.05, 4.69) is 16.7 Å². The second kappa shape index (κ2) is 6.58. The van der Waals surface area contributed by atoms with Crippen molar-refractivity contribution >= 4 is 11.8 Å². The molecule has 1 heterocycles. The monoisotopic (exact) mass is 346 g/mol. The lowest BCUT2D eigenvalue weighted by atomic mass is 9.95. The molecule has 0 saturated heterocycles. The molecule has 1 saturated carbocycles. The Bertz CT molecular complexity index is 674. The highest BCUT2D eigenvalue weighted by atomic mass is 16.7. The molecule has 2 aliphatic rings. The van der Waals surface area contributed by atoms with E-state index in [1.165, 1.54) is 5.56 Å². The highest BCUT2D eigenvalue weighted by molar-refractivity contribution is 5.82. The quantitative estimate of drug-likeness (QED) is 0.827. The van der Waals surface area contributed by atoms with Gasteiger partial charge in [0.2, 0.25) is 18.6 Å². The highest BCUT2D eigenvalue weighted by Gasteiger charge is 2.44. The summed E-state index contributed by atoms with van der Waals surface area (Å²) in [7, 11) is 0. The van der Waals surface area contributed by atoms with Crippen molar-refractivity contribution in [1.29, 1.82) is 0 Å². The van der Waals surface area contributed by atoms with E-state index in [-0.39, 0.29) is 24.0 Å². The van der Waals surface area contributed by atoms with Crippen LogP contribution in [0.15, 0.2) is 18.2 Å². The van der Waals surface area contributed by atoms with Gasteiger partial charge in [0.25, 0.3) is 0 Å². The van der Waals surface area contributed by atoms with Crippen molar-refractivity contribution in [2.24, 2.45) is 5.41 Å². The van der Waals surface area contributed by atoms with Crippen LogP contribution >= 0.6 is 0 Å². The second-order valence-electron chi connectivity index (χ2n) is 7.88. The van der Waals surface area contributed by atoms with Gasteiger partial charge in [0.05, 0.1) is 0 Å². The fourth-order valence-electron chi connectivity index (χ4n) is 2.86. The van der Waals surface area contributed by atoms with Gasteiger partial charge in [-0.1, -0.05) is 26.8 Å². The normalized spacial score (nSPS) is 17.1. The van der Waals surface area contributed by atoms with Crippen LogP contribution in [0.3, 0.4) is 0 Å². The zero-order chi connectivity index (χ0) is 18.1. The summed E-state index contributed by atoms with van der Waals surface area (Å²) >= 11 is 0. The first-order chi connectivity index (χ1) is 11.8. The summed E-state index contributed by atoms with van der Waals surface area (Å²) in [6.07, 6.45) is 2.39. The van der Waals surface area contributed by atoms with E-state index >= 15 is 0 Å². The third kappa shape index (κ3) is 4.06.